The van der Waals surface area contributed by atoms with Gasteiger partial charge in [0, 0.05) is 6.07 Å². The van der Waals surface area contributed by atoms with Crippen molar-refractivity contribution in [2.45, 2.75) is 46.3 Å². The van der Waals surface area contributed by atoms with Gasteiger partial charge in [-0.1, -0.05) is 26.0 Å². The van der Waals surface area contributed by atoms with Crippen LogP contribution in [-0.4, -0.2) is 22.5 Å². The zero-order valence-electron chi connectivity index (χ0n) is 13.0. The summed E-state index contributed by atoms with van der Waals surface area (Å²) < 4.78 is 5.36. The molecule has 1 N–H and O–H groups in total. The molecule has 0 aliphatic heterocycles. The third-order valence-corrected chi connectivity index (χ3v) is 2.74. The minimum atomic E-state index is -0.648. The van der Waals surface area contributed by atoms with Crippen LogP contribution in [0.2, 0.25) is 0 Å². The van der Waals surface area contributed by atoms with Gasteiger partial charge in [-0.05, 0) is 32.8 Å². The molecule has 0 fully saturated rings. The molecule has 0 saturated carbocycles. The Balaban J connectivity index is 3.00. The number of nitro groups is 1. The average Bonchev–Trinajstić information content (AvgIpc) is 2.33. The predicted molar refractivity (Wildman–Crippen MR) is 81.2 cm³/mol. The van der Waals surface area contributed by atoms with Crippen LogP contribution in [0, 0.1) is 16.0 Å². The smallest absolute Gasteiger partial charge is 0.329 e. The van der Waals surface area contributed by atoms with Crippen LogP contribution in [0.5, 0.6) is 0 Å². The van der Waals surface area contributed by atoms with Crippen molar-refractivity contribution in [2.24, 2.45) is 5.92 Å². The number of nitrogens with one attached hydrogen (secondary N) is 1. The van der Waals surface area contributed by atoms with Crippen LogP contribution in [0.4, 0.5) is 11.4 Å². The lowest BCUT2D eigenvalue weighted by molar-refractivity contribution is -0.384. The molecule has 0 bridgehead atoms. The van der Waals surface area contributed by atoms with E-state index in [4.69, 9.17) is 4.74 Å². The van der Waals surface area contributed by atoms with Gasteiger partial charge < -0.3 is 10.1 Å². The summed E-state index contributed by atoms with van der Waals surface area (Å²) in [5, 5.41) is 14.0. The molecule has 1 aromatic rings. The molecule has 6 nitrogen and oxygen atoms in total. The summed E-state index contributed by atoms with van der Waals surface area (Å²) in [6.45, 7) is 9.07. The highest BCUT2D eigenvalue weighted by Crippen LogP contribution is 2.26. The van der Waals surface area contributed by atoms with Gasteiger partial charge in [-0.15, -0.1) is 0 Å². The molecule has 0 aliphatic carbocycles. The molecule has 0 heterocycles. The topological polar surface area (TPSA) is 81.5 Å². The first kappa shape index (κ1) is 16.9. The number of hydrogen-bond acceptors (Lipinski definition) is 5. The minimum absolute atomic E-state index is 0.0632. The zero-order chi connectivity index (χ0) is 16.2. The number of rotatable bonds is 5. The van der Waals surface area contributed by atoms with E-state index < -0.39 is 22.5 Å². The molecule has 1 aromatic carbocycles. The van der Waals surface area contributed by atoms with Gasteiger partial charge >= 0.3 is 5.97 Å². The van der Waals surface area contributed by atoms with Gasteiger partial charge in [0.05, 0.1) is 4.92 Å². The molecule has 0 saturated heterocycles. The molecule has 0 aromatic heterocycles. The van der Waals surface area contributed by atoms with Crippen LogP contribution in [-0.2, 0) is 9.53 Å². The summed E-state index contributed by atoms with van der Waals surface area (Å²) in [6.07, 6.45) is 0. The number of anilines is 1. The largest absolute Gasteiger partial charge is 0.458 e. The second-order valence-corrected chi connectivity index (χ2v) is 6.17. The second kappa shape index (κ2) is 6.56. The number of ether oxygens (including phenoxy) is 1. The maximum Gasteiger partial charge on any atom is 0.329 e. The third-order valence-electron chi connectivity index (χ3n) is 2.74. The molecule has 0 radical (unpaired) electrons. The number of esters is 1. The van der Waals surface area contributed by atoms with Crippen LogP contribution < -0.4 is 5.32 Å². The quantitative estimate of drug-likeness (QED) is 0.511. The van der Waals surface area contributed by atoms with Crippen molar-refractivity contribution in [3.05, 3.63) is 34.4 Å². The van der Waals surface area contributed by atoms with Crippen LogP contribution in [0.25, 0.3) is 0 Å². The van der Waals surface area contributed by atoms with Gasteiger partial charge in [-0.3, -0.25) is 10.1 Å². The van der Waals surface area contributed by atoms with E-state index >= 15 is 0 Å². The van der Waals surface area contributed by atoms with Gasteiger partial charge in [-0.25, -0.2) is 4.79 Å². The van der Waals surface area contributed by atoms with Gasteiger partial charge in [0.15, 0.2) is 0 Å². The molecule has 116 valence electrons. The average molecular weight is 294 g/mol. The Bertz CT molecular complexity index is 521. The highest BCUT2D eigenvalue weighted by molar-refractivity contribution is 5.81. The summed E-state index contributed by atoms with van der Waals surface area (Å²) in [5.74, 6) is -0.490. The van der Waals surface area contributed by atoms with Crippen LogP contribution in [0.3, 0.4) is 0 Å². The highest BCUT2D eigenvalue weighted by atomic mass is 16.6. The SMILES string of the molecule is CC(C)[C@@H](Nc1ccccc1[N+](=O)[O-])C(=O)OC(C)(C)C. The van der Waals surface area contributed by atoms with Crippen molar-refractivity contribution in [1.82, 2.24) is 0 Å². The number of hydrogen-bond donors (Lipinski definition) is 1. The van der Waals surface area contributed by atoms with E-state index in [2.05, 4.69) is 5.32 Å². The molecule has 0 amide bonds. The lowest BCUT2D eigenvalue weighted by Gasteiger charge is -2.27. The Hall–Kier alpha value is -2.11. The number of para-hydroxylation sites is 2. The Morgan fingerprint density at radius 2 is 1.86 bits per heavy atom. The first-order valence-corrected chi connectivity index (χ1v) is 6.84. The van der Waals surface area contributed by atoms with Crippen molar-refractivity contribution in [3.63, 3.8) is 0 Å². The van der Waals surface area contributed by atoms with E-state index in [-0.39, 0.29) is 11.6 Å². The lowest BCUT2D eigenvalue weighted by atomic mass is 10.0. The summed E-state index contributed by atoms with van der Waals surface area (Å²) in [5.41, 5.74) is -0.354. The van der Waals surface area contributed by atoms with Crippen molar-refractivity contribution in [1.29, 1.82) is 0 Å². The van der Waals surface area contributed by atoms with Crippen molar-refractivity contribution in [3.8, 4) is 0 Å². The monoisotopic (exact) mass is 294 g/mol. The molecule has 6 heteroatoms. The highest BCUT2D eigenvalue weighted by Gasteiger charge is 2.29. The second-order valence-electron chi connectivity index (χ2n) is 6.17. The third kappa shape index (κ3) is 5.06. The standard InChI is InChI=1S/C15H22N2O4/c1-10(2)13(14(18)21-15(3,4)5)16-11-8-6-7-9-12(11)17(19)20/h6-10,13,16H,1-5H3/t13-/m1/s1. The normalized spacial score (nSPS) is 12.9. The van der Waals surface area contributed by atoms with E-state index in [0.29, 0.717) is 5.69 Å². The molecule has 0 aliphatic rings. The van der Waals surface area contributed by atoms with Gasteiger partial charge in [0.2, 0.25) is 0 Å². The number of carbonyl (C=O) groups is 1. The van der Waals surface area contributed by atoms with Crippen molar-refractivity contribution >= 4 is 17.3 Å². The van der Waals surface area contributed by atoms with Crippen LogP contribution in [0.1, 0.15) is 34.6 Å². The Morgan fingerprint density at radius 3 is 2.33 bits per heavy atom. The van der Waals surface area contributed by atoms with E-state index in [0.717, 1.165) is 0 Å². The summed E-state index contributed by atoms with van der Waals surface area (Å²) in [6, 6.07) is 5.60. The molecule has 0 unspecified atom stereocenters. The van der Waals surface area contributed by atoms with Crippen LogP contribution >= 0.6 is 0 Å². The zero-order valence-corrected chi connectivity index (χ0v) is 13.0. The molecule has 1 rings (SSSR count). The molecule has 21 heavy (non-hydrogen) atoms. The van der Waals surface area contributed by atoms with Gasteiger partial charge in [-0.2, -0.15) is 0 Å². The predicted octanol–water partition coefficient (Wildman–Crippen LogP) is 3.37. The fraction of sp³-hybridized carbons (Fsp3) is 0.533. The fourth-order valence-corrected chi connectivity index (χ4v) is 1.79. The van der Waals surface area contributed by atoms with Crippen molar-refractivity contribution < 1.29 is 14.5 Å². The Morgan fingerprint density at radius 1 is 1.29 bits per heavy atom. The van der Waals surface area contributed by atoms with Gasteiger partial charge in [0.25, 0.3) is 5.69 Å². The molecular weight excluding hydrogens is 272 g/mol. The maximum absolute atomic E-state index is 12.2. The molecular formula is C15H22N2O4. The molecule has 0 spiro atoms. The number of carbonyl (C=O) groups excluding carboxylic acids is 1. The number of nitro benzene ring substituents is 1. The Kier molecular flexibility index (Phi) is 5.29. The van der Waals surface area contributed by atoms with E-state index in [1.807, 2.05) is 13.8 Å². The van der Waals surface area contributed by atoms with Crippen LogP contribution in [0.15, 0.2) is 24.3 Å². The fourth-order valence-electron chi connectivity index (χ4n) is 1.79. The minimum Gasteiger partial charge on any atom is -0.458 e. The van der Waals surface area contributed by atoms with Crippen molar-refractivity contribution in [2.75, 3.05) is 5.32 Å². The lowest BCUT2D eigenvalue weighted by Crippen LogP contribution is -2.40. The van der Waals surface area contributed by atoms with E-state index in [9.17, 15) is 14.9 Å². The number of nitrogens with zero attached hydrogens (tertiary/aromatic N) is 1. The number of benzene rings is 1. The first-order chi connectivity index (χ1) is 9.61. The summed E-state index contributed by atoms with van der Waals surface area (Å²) in [4.78, 5) is 22.8. The van der Waals surface area contributed by atoms with E-state index in [1.54, 1.807) is 39.0 Å². The Labute approximate surface area is 124 Å². The summed E-state index contributed by atoms with van der Waals surface area (Å²) >= 11 is 0. The summed E-state index contributed by atoms with van der Waals surface area (Å²) in [7, 11) is 0. The maximum atomic E-state index is 12.2. The van der Waals surface area contributed by atoms with E-state index in [1.165, 1.54) is 6.07 Å². The molecule has 1 atom stereocenters. The first-order valence-electron chi connectivity index (χ1n) is 6.84. The van der Waals surface area contributed by atoms with Gasteiger partial charge in [0.1, 0.15) is 17.3 Å².